The SMILES string of the molecule is Cc1c(C#N)c(N)n(CC2CCN(C(C)C)C2)c1C. The molecule has 0 spiro atoms. The zero-order valence-corrected chi connectivity index (χ0v) is 12.4. The van der Waals surface area contributed by atoms with Crippen LogP contribution in [0.1, 0.15) is 37.1 Å². The van der Waals surface area contributed by atoms with Crippen molar-refractivity contribution in [3.63, 3.8) is 0 Å². The summed E-state index contributed by atoms with van der Waals surface area (Å²) < 4.78 is 2.13. The maximum Gasteiger partial charge on any atom is 0.122 e. The molecule has 0 radical (unpaired) electrons. The molecule has 1 aliphatic rings. The summed E-state index contributed by atoms with van der Waals surface area (Å²) in [6, 6.07) is 2.84. The molecular weight excluding hydrogens is 236 g/mol. The van der Waals surface area contributed by atoms with E-state index >= 15 is 0 Å². The quantitative estimate of drug-likeness (QED) is 0.907. The molecule has 1 fully saturated rings. The van der Waals surface area contributed by atoms with Crippen LogP contribution in [0.5, 0.6) is 0 Å². The molecule has 2 N–H and O–H groups in total. The van der Waals surface area contributed by atoms with Crippen LogP contribution in [0.15, 0.2) is 0 Å². The Morgan fingerprint density at radius 3 is 2.58 bits per heavy atom. The zero-order valence-electron chi connectivity index (χ0n) is 12.4. The molecule has 0 bridgehead atoms. The topological polar surface area (TPSA) is 58.0 Å². The highest BCUT2D eigenvalue weighted by Gasteiger charge is 2.26. The molecule has 1 aliphatic heterocycles. The Balaban J connectivity index is 2.15. The largest absolute Gasteiger partial charge is 0.384 e. The molecule has 0 saturated carbocycles. The molecule has 0 amide bonds. The van der Waals surface area contributed by atoms with Gasteiger partial charge in [0.2, 0.25) is 0 Å². The normalized spacial score (nSPS) is 20.1. The Labute approximate surface area is 115 Å². The maximum atomic E-state index is 9.16. The minimum absolute atomic E-state index is 0.615. The Kier molecular flexibility index (Phi) is 3.86. The van der Waals surface area contributed by atoms with E-state index in [9.17, 15) is 0 Å². The molecule has 0 aromatic carbocycles. The van der Waals surface area contributed by atoms with Gasteiger partial charge in [-0.05, 0) is 52.1 Å². The number of nitrogens with zero attached hydrogens (tertiary/aromatic N) is 3. The first-order valence-corrected chi connectivity index (χ1v) is 7.05. The third kappa shape index (κ3) is 2.48. The number of nitrogen functional groups attached to an aromatic ring is 1. The third-order valence-corrected chi connectivity index (χ3v) is 4.47. The predicted molar refractivity (Wildman–Crippen MR) is 77.8 cm³/mol. The number of anilines is 1. The van der Waals surface area contributed by atoms with Crippen LogP contribution in [-0.4, -0.2) is 28.6 Å². The Morgan fingerprint density at radius 1 is 1.42 bits per heavy atom. The van der Waals surface area contributed by atoms with E-state index in [4.69, 9.17) is 11.0 Å². The molecule has 19 heavy (non-hydrogen) atoms. The second kappa shape index (κ2) is 5.26. The lowest BCUT2D eigenvalue weighted by Gasteiger charge is -2.21. The third-order valence-electron chi connectivity index (χ3n) is 4.47. The molecule has 4 heteroatoms. The lowest BCUT2D eigenvalue weighted by molar-refractivity contribution is 0.260. The fourth-order valence-electron chi connectivity index (χ4n) is 3.01. The standard InChI is InChI=1S/C15H24N4/c1-10(2)18-6-5-13(8-18)9-19-12(4)11(3)14(7-16)15(19)17/h10,13H,5-6,8-9,17H2,1-4H3. The molecule has 1 aromatic heterocycles. The summed E-state index contributed by atoms with van der Waals surface area (Å²) in [7, 11) is 0. The first-order valence-electron chi connectivity index (χ1n) is 7.05. The van der Waals surface area contributed by atoms with Crippen molar-refractivity contribution in [1.29, 1.82) is 5.26 Å². The number of nitrogens with two attached hydrogens (primary N) is 1. The van der Waals surface area contributed by atoms with Crippen LogP contribution in [-0.2, 0) is 6.54 Å². The van der Waals surface area contributed by atoms with E-state index in [1.165, 1.54) is 13.0 Å². The van der Waals surface area contributed by atoms with Crippen LogP contribution < -0.4 is 5.73 Å². The van der Waals surface area contributed by atoms with Crippen molar-refractivity contribution in [3.8, 4) is 6.07 Å². The van der Waals surface area contributed by atoms with Gasteiger partial charge in [0.05, 0.1) is 5.56 Å². The monoisotopic (exact) mass is 260 g/mol. The summed E-state index contributed by atoms with van der Waals surface area (Å²) in [5.74, 6) is 1.28. The van der Waals surface area contributed by atoms with Crippen LogP contribution in [0.4, 0.5) is 5.82 Å². The molecule has 4 nitrogen and oxygen atoms in total. The highest BCUT2D eigenvalue weighted by atomic mass is 15.2. The van der Waals surface area contributed by atoms with Gasteiger partial charge in [-0.15, -0.1) is 0 Å². The maximum absolute atomic E-state index is 9.16. The van der Waals surface area contributed by atoms with Crippen LogP contribution in [0.25, 0.3) is 0 Å². The lowest BCUT2D eigenvalue weighted by Crippen LogP contribution is -2.29. The Hall–Kier alpha value is -1.47. The fraction of sp³-hybridized carbons (Fsp3) is 0.667. The van der Waals surface area contributed by atoms with Crippen LogP contribution in [0, 0.1) is 31.1 Å². The summed E-state index contributed by atoms with van der Waals surface area (Å²) >= 11 is 0. The van der Waals surface area contributed by atoms with Gasteiger partial charge >= 0.3 is 0 Å². The summed E-state index contributed by atoms with van der Waals surface area (Å²) in [5, 5.41) is 9.16. The first kappa shape index (κ1) is 14.0. The van der Waals surface area contributed by atoms with Gasteiger partial charge in [-0.2, -0.15) is 5.26 Å². The summed E-state index contributed by atoms with van der Waals surface area (Å²) in [6.07, 6.45) is 1.22. The van der Waals surface area contributed by atoms with Crippen molar-refractivity contribution in [1.82, 2.24) is 9.47 Å². The van der Waals surface area contributed by atoms with Gasteiger partial charge in [-0.1, -0.05) is 0 Å². The van der Waals surface area contributed by atoms with Crippen molar-refractivity contribution >= 4 is 5.82 Å². The van der Waals surface area contributed by atoms with Crippen LogP contribution in [0.2, 0.25) is 0 Å². The van der Waals surface area contributed by atoms with E-state index < -0.39 is 0 Å². The van der Waals surface area contributed by atoms with Gasteiger partial charge < -0.3 is 15.2 Å². The number of aromatic nitrogens is 1. The van der Waals surface area contributed by atoms with Crippen molar-refractivity contribution < 1.29 is 0 Å². The van der Waals surface area contributed by atoms with Crippen molar-refractivity contribution in [3.05, 3.63) is 16.8 Å². The second-order valence-corrected chi connectivity index (χ2v) is 5.94. The molecule has 1 atom stereocenters. The van der Waals surface area contributed by atoms with Crippen molar-refractivity contribution in [2.45, 2.75) is 46.7 Å². The van der Waals surface area contributed by atoms with E-state index in [0.29, 0.717) is 23.3 Å². The van der Waals surface area contributed by atoms with Gasteiger partial charge in [0.15, 0.2) is 0 Å². The summed E-state index contributed by atoms with van der Waals surface area (Å²) in [4.78, 5) is 2.51. The average Bonchev–Trinajstić information content (AvgIpc) is 2.90. The summed E-state index contributed by atoms with van der Waals surface area (Å²) in [5.41, 5.74) is 8.93. The number of rotatable bonds is 3. The molecule has 1 saturated heterocycles. The van der Waals surface area contributed by atoms with Gasteiger partial charge in [0.25, 0.3) is 0 Å². The van der Waals surface area contributed by atoms with E-state index in [2.05, 4.69) is 36.3 Å². The summed E-state index contributed by atoms with van der Waals surface area (Å²) in [6.45, 7) is 11.8. The second-order valence-electron chi connectivity index (χ2n) is 5.94. The van der Waals surface area contributed by atoms with E-state index in [1.54, 1.807) is 0 Å². The van der Waals surface area contributed by atoms with Gasteiger partial charge in [0.1, 0.15) is 11.9 Å². The molecule has 2 heterocycles. The van der Waals surface area contributed by atoms with Crippen LogP contribution in [0.3, 0.4) is 0 Å². The van der Waals surface area contributed by atoms with Crippen molar-refractivity contribution in [2.24, 2.45) is 5.92 Å². The minimum Gasteiger partial charge on any atom is -0.384 e. The average molecular weight is 260 g/mol. The predicted octanol–water partition coefficient (Wildman–Crippen LogP) is 2.29. The van der Waals surface area contributed by atoms with Crippen LogP contribution >= 0.6 is 0 Å². The Morgan fingerprint density at radius 2 is 2.11 bits per heavy atom. The Bertz CT molecular complexity index is 507. The first-order chi connectivity index (χ1) is 8.95. The highest BCUT2D eigenvalue weighted by molar-refractivity contribution is 5.57. The number of likely N-dealkylation sites (tertiary alicyclic amines) is 1. The van der Waals surface area contributed by atoms with Gasteiger partial charge in [-0.3, -0.25) is 0 Å². The number of hydrogen-bond acceptors (Lipinski definition) is 3. The van der Waals surface area contributed by atoms with Gasteiger partial charge in [0, 0.05) is 24.8 Å². The van der Waals surface area contributed by atoms with E-state index in [0.717, 1.165) is 24.3 Å². The van der Waals surface area contributed by atoms with E-state index in [1.807, 2.05) is 6.92 Å². The smallest absolute Gasteiger partial charge is 0.122 e. The molecular formula is C15H24N4. The molecule has 0 aliphatic carbocycles. The number of hydrogen-bond donors (Lipinski definition) is 1. The highest BCUT2D eigenvalue weighted by Crippen LogP contribution is 2.27. The number of nitriles is 1. The van der Waals surface area contributed by atoms with E-state index in [-0.39, 0.29) is 0 Å². The minimum atomic E-state index is 0.615. The lowest BCUT2D eigenvalue weighted by atomic mass is 10.1. The molecule has 1 unspecified atom stereocenters. The molecule has 1 aromatic rings. The zero-order chi connectivity index (χ0) is 14.2. The van der Waals surface area contributed by atoms with Gasteiger partial charge in [-0.25, -0.2) is 0 Å². The van der Waals surface area contributed by atoms with Crippen molar-refractivity contribution in [2.75, 3.05) is 18.8 Å². The molecule has 2 rings (SSSR count). The fourth-order valence-corrected chi connectivity index (χ4v) is 3.01. The molecule has 104 valence electrons.